The summed E-state index contributed by atoms with van der Waals surface area (Å²) >= 11 is 5.97. The molecule has 7 heteroatoms. The van der Waals surface area contributed by atoms with Gasteiger partial charge < -0.3 is 9.84 Å². The van der Waals surface area contributed by atoms with Crippen LogP contribution in [0.15, 0.2) is 53.6 Å². The van der Waals surface area contributed by atoms with Crippen molar-refractivity contribution in [3.05, 3.63) is 59.2 Å². The summed E-state index contributed by atoms with van der Waals surface area (Å²) in [6, 6.07) is 11.0. The number of rotatable bonds is 4. The summed E-state index contributed by atoms with van der Waals surface area (Å²) in [6.45, 7) is -0.276. The Morgan fingerprint density at radius 3 is 2.48 bits per heavy atom. The van der Waals surface area contributed by atoms with Crippen LogP contribution in [0.4, 0.5) is 0 Å². The van der Waals surface area contributed by atoms with Crippen molar-refractivity contribution < 1.29 is 18.3 Å². The fourth-order valence-electron chi connectivity index (χ4n) is 2.42. The predicted octanol–water partition coefficient (Wildman–Crippen LogP) is 3.03. The molecule has 1 N–H and O–H groups in total. The zero-order valence-electron chi connectivity index (χ0n) is 12.2. The van der Waals surface area contributed by atoms with E-state index >= 15 is 0 Å². The number of halogens is 1. The third kappa shape index (κ3) is 2.69. The molecule has 1 aromatic heterocycles. The molecule has 3 aromatic rings. The molecule has 2 aromatic carbocycles. The smallest absolute Gasteiger partial charge is 0.268 e. The zero-order chi connectivity index (χ0) is 16.6. The highest BCUT2D eigenvalue weighted by atomic mass is 35.5. The van der Waals surface area contributed by atoms with Crippen molar-refractivity contribution in [3.63, 3.8) is 0 Å². The van der Waals surface area contributed by atoms with Gasteiger partial charge in [0.1, 0.15) is 5.75 Å². The minimum Gasteiger partial charge on any atom is -0.497 e. The molecule has 1 heterocycles. The molecule has 5 nitrogen and oxygen atoms in total. The Labute approximate surface area is 138 Å². The first-order chi connectivity index (χ1) is 11.0. The van der Waals surface area contributed by atoms with Crippen LogP contribution < -0.4 is 4.74 Å². The van der Waals surface area contributed by atoms with Crippen LogP contribution >= 0.6 is 11.6 Å². The molecule has 0 saturated heterocycles. The minimum atomic E-state index is -3.79. The molecule has 120 valence electrons. The second-order valence-corrected chi connectivity index (χ2v) is 7.20. The van der Waals surface area contributed by atoms with Crippen LogP contribution in [0, 0.1) is 0 Å². The number of hydrogen-bond donors (Lipinski definition) is 1. The summed E-state index contributed by atoms with van der Waals surface area (Å²) in [5, 5.41) is 10.6. The second kappa shape index (κ2) is 5.88. The van der Waals surface area contributed by atoms with E-state index in [-0.39, 0.29) is 11.5 Å². The maximum Gasteiger partial charge on any atom is 0.268 e. The molecule has 0 aliphatic carbocycles. The fourth-order valence-corrected chi connectivity index (χ4v) is 3.99. The van der Waals surface area contributed by atoms with Crippen LogP contribution in [0.3, 0.4) is 0 Å². The Bertz CT molecular complexity index is 962. The van der Waals surface area contributed by atoms with E-state index in [0.29, 0.717) is 27.2 Å². The Morgan fingerprint density at radius 2 is 1.87 bits per heavy atom. The number of aromatic nitrogens is 1. The zero-order valence-corrected chi connectivity index (χ0v) is 13.8. The first kappa shape index (κ1) is 15.9. The molecular weight excluding hydrogens is 338 g/mol. The maximum absolute atomic E-state index is 12.9. The van der Waals surface area contributed by atoms with Crippen molar-refractivity contribution in [1.29, 1.82) is 0 Å². The lowest BCUT2D eigenvalue weighted by atomic mass is 10.2. The first-order valence-electron chi connectivity index (χ1n) is 6.77. The van der Waals surface area contributed by atoms with Gasteiger partial charge >= 0.3 is 0 Å². The van der Waals surface area contributed by atoms with Crippen LogP contribution in [-0.2, 0) is 16.6 Å². The molecule has 23 heavy (non-hydrogen) atoms. The van der Waals surface area contributed by atoms with E-state index < -0.39 is 10.0 Å². The predicted molar refractivity (Wildman–Crippen MR) is 88.4 cm³/mol. The highest BCUT2D eigenvalue weighted by Gasteiger charge is 2.21. The molecule has 0 spiro atoms. The lowest BCUT2D eigenvalue weighted by molar-refractivity contribution is 0.283. The van der Waals surface area contributed by atoms with Gasteiger partial charge in [0.05, 0.1) is 24.1 Å². The van der Waals surface area contributed by atoms with Gasteiger partial charge in [-0.25, -0.2) is 12.4 Å². The number of methoxy groups -OCH3 is 1. The average Bonchev–Trinajstić information content (AvgIpc) is 2.93. The summed E-state index contributed by atoms with van der Waals surface area (Å²) in [5.41, 5.74) is 0.967. The topological polar surface area (TPSA) is 68.5 Å². The molecule has 0 atom stereocenters. The standard InChI is InChI=1S/C16H14ClNO4S/c1-22-13-3-5-14(6-4-13)23(20,21)18-9-11(10-19)15-8-12(17)2-7-16(15)18/h2-9,19H,10H2,1H3. The van der Waals surface area contributed by atoms with Gasteiger partial charge in [-0.15, -0.1) is 0 Å². The van der Waals surface area contributed by atoms with E-state index in [9.17, 15) is 13.5 Å². The van der Waals surface area contributed by atoms with Gasteiger partial charge in [-0.1, -0.05) is 11.6 Å². The molecule has 0 amide bonds. The maximum atomic E-state index is 12.9. The van der Waals surface area contributed by atoms with Crippen LogP contribution in [0.2, 0.25) is 5.02 Å². The van der Waals surface area contributed by atoms with Gasteiger partial charge in [0, 0.05) is 22.2 Å². The number of aliphatic hydroxyl groups excluding tert-OH is 1. The number of aliphatic hydroxyl groups is 1. The summed E-state index contributed by atoms with van der Waals surface area (Å²) in [7, 11) is -2.27. The monoisotopic (exact) mass is 351 g/mol. The van der Waals surface area contributed by atoms with Gasteiger partial charge in [-0.3, -0.25) is 0 Å². The Hall–Kier alpha value is -2.02. The first-order valence-corrected chi connectivity index (χ1v) is 8.59. The lowest BCUT2D eigenvalue weighted by Gasteiger charge is -2.08. The van der Waals surface area contributed by atoms with E-state index in [1.165, 1.54) is 25.4 Å². The van der Waals surface area contributed by atoms with Crippen LogP contribution in [0.1, 0.15) is 5.56 Å². The molecule has 0 aliphatic heterocycles. The molecular formula is C16H14ClNO4S. The average molecular weight is 352 g/mol. The molecule has 0 bridgehead atoms. The van der Waals surface area contributed by atoms with Crippen molar-refractivity contribution in [2.24, 2.45) is 0 Å². The van der Waals surface area contributed by atoms with E-state index in [0.717, 1.165) is 3.97 Å². The summed E-state index contributed by atoms with van der Waals surface area (Å²) in [4.78, 5) is 0.134. The molecule has 0 aliphatic rings. The van der Waals surface area contributed by atoms with Crippen molar-refractivity contribution in [1.82, 2.24) is 3.97 Å². The quantitative estimate of drug-likeness (QED) is 0.784. The summed E-state index contributed by atoms with van der Waals surface area (Å²) in [5.74, 6) is 0.573. The van der Waals surface area contributed by atoms with Crippen molar-refractivity contribution in [2.45, 2.75) is 11.5 Å². The summed E-state index contributed by atoms with van der Waals surface area (Å²) < 4.78 is 31.9. The lowest BCUT2D eigenvalue weighted by Crippen LogP contribution is -2.11. The van der Waals surface area contributed by atoms with E-state index in [4.69, 9.17) is 16.3 Å². The van der Waals surface area contributed by atoms with Crippen LogP contribution in [0.25, 0.3) is 10.9 Å². The van der Waals surface area contributed by atoms with E-state index in [1.54, 1.807) is 30.3 Å². The van der Waals surface area contributed by atoms with E-state index in [1.807, 2.05) is 0 Å². The third-order valence-corrected chi connectivity index (χ3v) is 5.52. The highest BCUT2D eigenvalue weighted by molar-refractivity contribution is 7.90. The largest absolute Gasteiger partial charge is 0.497 e. The van der Waals surface area contributed by atoms with E-state index in [2.05, 4.69) is 0 Å². The number of ether oxygens (including phenoxy) is 1. The Kier molecular flexibility index (Phi) is 4.06. The minimum absolute atomic E-state index is 0.134. The van der Waals surface area contributed by atoms with Gasteiger partial charge in [0.2, 0.25) is 0 Å². The van der Waals surface area contributed by atoms with Crippen LogP contribution in [0.5, 0.6) is 5.75 Å². The number of fused-ring (bicyclic) bond motifs is 1. The Balaban J connectivity index is 2.21. The second-order valence-electron chi connectivity index (χ2n) is 4.95. The molecule has 0 fully saturated rings. The van der Waals surface area contributed by atoms with Crippen molar-refractivity contribution in [2.75, 3.05) is 7.11 Å². The van der Waals surface area contributed by atoms with Crippen molar-refractivity contribution in [3.8, 4) is 5.75 Å². The molecule has 0 radical (unpaired) electrons. The van der Waals surface area contributed by atoms with Gasteiger partial charge in [-0.05, 0) is 42.5 Å². The highest BCUT2D eigenvalue weighted by Crippen LogP contribution is 2.29. The van der Waals surface area contributed by atoms with Crippen LogP contribution in [-0.4, -0.2) is 24.6 Å². The number of hydrogen-bond acceptors (Lipinski definition) is 4. The van der Waals surface area contributed by atoms with Crippen molar-refractivity contribution >= 4 is 32.5 Å². The SMILES string of the molecule is COc1ccc(S(=O)(=O)n2cc(CO)c3cc(Cl)ccc32)cc1. The third-order valence-electron chi connectivity index (χ3n) is 3.60. The molecule has 0 saturated carbocycles. The van der Waals surface area contributed by atoms with Gasteiger partial charge in [0.25, 0.3) is 10.0 Å². The Morgan fingerprint density at radius 1 is 1.17 bits per heavy atom. The normalized spacial score (nSPS) is 11.8. The number of benzene rings is 2. The fraction of sp³-hybridized carbons (Fsp3) is 0.125. The molecule has 3 rings (SSSR count). The van der Waals surface area contributed by atoms with Gasteiger partial charge in [0.15, 0.2) is 0 Å². The summed E-state index contributed by atoms with van der Waals surface area (Å²) in [6.07, 6.45) is 1.42. The molecule has 0 unspecified atom stereocenters. The van der Waals surface area contributed by atoms with Gasteiger partial charge in [-0.2, -0.15) is 0 Å². The number of nitrogens with zero attached hydrogens (tertiary/aromatic N) is 1.